The number of halogens is 1. The van der Waals surface area contributed by atoms with Gasteiger partial charge in [0.2, 0.25) is 0 Å². The lowest BCUT2D eigenvalue weighted by molar-refractivity contribution is -0.157. The Morgan fingerprint density at radius 3 is 3.10 bits per heavy atom. The number of aliphatic hydroxyl groups excluding tert-OH is 1. The van der Waals surface area contributed by atoms with Gasteiger partial charge in [0.1, 0.15) is 6.61 Å². The highest BCUT2D eigenvalue weighted by Gasteiger charge is 2.38. The highest BCUT2D eigenvalue weighted by Crippen LogP contribution is 2.38. The lowest BCUT2D eigenvalue weighted by atomic mass is 10.0. The molecule has 2 fully saturated rings. The summed E-state index contributed by atoms with van der Waals surface area (Å²) >= 11 is 5.85. The first-order valence-corrected chi connectivity index (χ1v) is 7.77. The van der Waals surface area contributed by atoms with Crippen LogP contribution in [0.3, 0.4) is 0 Å². The average molecular weight is 311 g/mol. The van der Waals surface area contributed by atoms with Crippen molar-refractivity contribution in [3.63, 3.8) is 0 Å². The molecule has 1 saturated carbocycles. The molecule has 0 spiro atoms. The van der Waals surface area contributed by atoms with E-state index in [4.69, 9.17) is 21.1 Å². The molecule has 1 heterocycles. The summed E-state index contributed by atoms with van der Waals surface area (Å²) in [4.78, 5) is 11.9. The molecule has 1 aromatic rings. The van der Waals surface area contributed by atoms with Crippen LogP contribution in [0.4, 0.5) is 0 Å². The van der Waals surface area contributed by atoms with Gasteiger partial charge < -0.3 is 14.6 Å². The molecule has 4 atom stereocenters. The molecule has 5 heteroatoms. The normalized spacial score (nSPS) is 29.1. The number of fused-ring (bicyclic) bond motifs is 1. The Bertz CT molecular complexity index is 507. The highest BCUT2D eigenvalue weighted by molar-refractivity contribution is 6.30. The van der Waals surface area contributed by atoms with Crippen LogP contribution in [0.25, 0.3) is 0 Å². The summed E-state index contributed by atoms with van der Waals surface area (Å²) in [5.41, 5.74) is 0.441. The van der Waals surface area contributed by atoms with Gasteiger partial charge in [-0.15, -0.1) is 0 Å². The Labute approximate surface area is 129 Å². The molecule has 1 saturated heterocycles. The predicted octanol–water partition coefficient (Wildman–Crippen LogP) is 2.87. The maximum Gasteiger partial charge on any atom is 0.339 e. The van der Waals surface area contributed by atoms with E-state index in [0.717, 1.165) is 12.8 Å². The van der Waals surface area contributed by atoms with E-state index in [9.17, 15) is 9.90 Å². The Kier molecular flexibility index (Phi) is 4.48. The third-order valence-electron chi connectivity index (χ3n) is 4.32. The SMILES string of the molecule is O=C(OCC1CC2CCCC2O1)C(O)c1cccc(Cl)c1. The van der Waals surface area contributed by atoms with E-state index in [1.807, 2.05) is 0 Å². The van der Waals surface area contributed by atoms with Gasteiger partial charge in [0, 0.05) is 5.02 Å². The molecular weight excluding hydrogens is 292 g/mol. The Balaban J connectivity index is 1.50. The largest absolute Gasteiger partial charge is 0.461 e. The molecular formula is C16H19ClO4. The van der Waals surface area contributed by atoms with E-state index in [2.05, 4.69) is 0 Å². The number of carbonyl (C=O) groups excluding carboxylic acids is 1. The fraction of sp³-hybridized carbons (Fsp3) is 0.562. The molecule has 0 aromatic heterocycles. The zero-order chi connectivity index (χ0) is 14.8. The maximum atomic E-state index is 11.9. The molecule has 4 unspecified atom stereocenters. The molecule has 21 heavy (non-hydrogen) atoms. The van der Waals surface area contributed by atoms with Crippen LogP contribution in [0.5, 0.6) is 0 Å². The lowest BCUT2D eigenvalue weighted by Crippen LogP contribution is -2.23. The van der Waals surface area contributed by atoms with Gasteiger partial charge >= 0.3 is 5.97 Å². The summed E-state index contributed by atoms with van der Waals surface area (Å²) in [5.74, 6) is -0.0375. The number of ether oxygens (including phenoxy) is 2. The van der Waals surface area contributed by atoms with Gasteiger partial charge in [-0.25, -0.2) is 4.79 Å². The minimum absolute atomic E-state index is 0.0317. The van der Waals surface area contributed by atoms with E-state index < -0.39 is 12.1 Å². The molecule has 1 aliphatic heterocycles. The van der Waals surface area contributed by atoms with Crippen molar-refractivity contribution in [1.82, 2.24) is 0 Å². The molecule has 1 N–H and O–H groups in total. The van der Waals surface area contributed by atoms with Gasteiger partial charge in [-0.05, 0) is 42.9 Å². The minimum atomic E-state index is -1.30. The zero-order valence-corrected chi connectivity index (χ0v) is 12.5. The van der Waals surface area contributed by atoms with Crippen LogP contribution in [-0.4, -0.2) is 29.9 Å². The van der Waals surface area contributed by atoms with E-state index in [0.29, 0.717) is 22.6 Å². The summed E-state index contributed by atoms with van der Waals surface area (Å²) in [6, 6.07) is 6.59. The molecule has 2 aliphatic rings. The quantitative estimate of drug-likeness (QED) is 0.869. The van der Waals surface area contributed by atoms with E-state index in [1.165, 1.54) is 12.8 Å². The van der Waals surface area contributed by atoms with Gasteiger partial charge in [0.05, 0.1) is 12.2 Å². The summed E-state index contributed by atoms with van der Waals surface area (Å²) < 4.78 is 11.1. The number of aliphatic hydroxyl groups is 1. The Morgan fingerprint density at radius 1 is 1.48 bits per heavy atom. The first-order chi connectivity index (χ1) is 10.1. The number of rotatable bonds is 4. The smallest absolute Gasteiger partial charge is 0.339 e. The predicted molar refractivity (Wildman–Crippen MR) is 78.0 cm³/mol. The second-order valence-electron chi connectivity index (χ2n) is 5.81. The van der Waals surface area contributed by atoms with Crippen molar-refractivity contribution in [3.8, 4) is 0 Å². The fourth-order valence-electron chi connectivity index (χ4n) is 3.27. The fourth-order valence-corrected chi connectivity index (χ4v) is 3.46. The third-order valence-corrected chi connectivity index (χ3v) is 4.56. The summed E-state index contributed by atoms with van der Waals surface area (Å²) in [7, 11) is 0. The van der Waals surface area contributed by atoms with Crippen molar-refractivity contribution < 1.29 is 19.4 Å². The van der Waals surface area contributed by atoms with Crippen LogP contribution >= 0.6 is 11.6 Å². The number of esters is 1. The summed E-state index contributed by atoms with van der Waals surface area (Å²) in [5, 5.41) is 10.5. The molecule has 1 aliphatic carbocycles. The number of carbonyl (C=O) groups is 1. The van der Waals surface area contributed by atoms with Crippen molar-refractivity contribution in [3.05, 3.63) is 34.9 Å². The number of hydrogen-bond acceptors (Lipinski definition) is 4. The molecule has 114 valence electrons. The summed E-state index contributed by atoms with van der Waals surface area (Å²) in [6.45, 7) is 0.212. The van der Waals surface area contributed by atoms with Gasteiger partial charge in [-0.1, -0.05) is 30.2 Å². The monoisotopic (exact) mass is 310 g/mol. The van der Waals surface area contributed by atoms with Crippen LogP contribution in [-0.2, 0) is 14.3 Å². The zero-order valence-electron chi connectivity index (χ0n) is 11.7. The molecule has 0 bridgehead atoms. The van der Waals surface area contributed by atoms with Crippen LogP contribution < -0.4 is 0 Å². The molecule has 0 radical (unpaired) electrons. The molecule has 3 rings (SSSR count). The molecule has 1 aromatic carbocycles. The van der Waals surface area contributed by atoms with Crippen LogP contribution in [0.15, 0.2) is 24.3 Å². The van der Waals surface area contributed by atoms with Crippen molar-refractivity contribution in [2.45, 2.75) is 44.0 Å². The van der Waals surface area contributed by atoms with Crippen LogP contribution in [0.2, 0.25) is 5.02 Å². The van der Waals surface area contributed by atoms with Gasteiger partial charge in [0.25, 0.3) is 0 Å². The Hall–Kier alpha value is -1.10. The van der Waals surface area contributed by atoms with E-state index in [1.54, 1.807) is 24.3 Å². The number of hydrogen-bond donors (Lipinski definition) is 1. The lowest BCUT2D eigenvalue weighted by Gasteiger charge is -2.15. The van der Waals surface area contributed by atoms with Crippen LogP contribution in [0, 0.1) is 5.92 Å². The summed E-state index contributed by atoms with van der Waals surface area (Å²) in [6.07, 6.45) is 3.51. The van der Waals surface area contributed by atoms with Gasteiger partial charge in [-0.2, -0.15) is 0 Å². The van der Waals surface area contributed by atoms with Crippen LogP contribution in [0.1, 0.15) is 37.4 Å². The standard InChI is InChI=1S/C16H19ClO4/c17-12-5-1-4-11(7-12)15(18)16(19)20-9-13-8-10-3-2-6-14(10)21-13/h1,4-5,7,10,13-15,18H,2-3,6,8-9H2. The highest BCUT2D eigenvalue weighted by atomic mass is 35.5. The second-order valence-corrected chi connectivity index (χ2v) is 6.25. The first-order valence-electron chi connectivity index (χ1n) is 7.39. The van der Waals surface area contributed by atoms with Crippen molar-refractivity contribution in [2.24, 2.45) is 5.92 Å². The van der Waals surface area contributed by atoms with Crippen molar-refractivity contribution in [1.29, 1.82) is 0 Å². The number of benzene rings is 1. The van der Waals surface area contributed by atoms with Gasteiger partial charge in [-0.3, -0.25) is 0 Å². The van der Waals surface area contributed by atoms with E-state index in [-0.39, 0.29) is 12.7 Å². The van der Waals surface area contributed by atoms with Gasteiger partial charge in [0.15, 0.2) is 6.10 Å². The first kappa shape index (κ1) is 14.8. The molecule has 4 nitrogen and oxygen atoms in total. The average Bonchev–Trinajstić information content (AvgIpc) is 3.05. The molecule has 0 amide bonds. The second kappa shape index (κ2) is 6.34. The topological polar surface area (TPSA) is 55.8 Å². The van der Waals surface area contributed by atoms with Crippen molar-refractivity contribution >= 4 is 17.6 Å². The minimum Gasteiger partial charge on any atom is -0.461 e. The van der Waals surface area contributed by atoms with Crippen molar-refractivity contribution in [2.75, 3.05) is 6.61 Å². The third kappa shape index (κ3) is 3.39. The van der Waals surface area contributed by atoms with E-state index >= 15 is 0 Å². The Morgan fingerprint density at radius 2 is 2.33 bits per heavy atom. The maximum absolute atomic E-state index is 11.9.